The maximum atomic E-state index is 8.77. The summed E-state index contributed by atoms with van der Waals surface area (Å²) in [5, 5.41) is 12.3. The van der Waals surface area contributed by atoms with Crippen LogP contribution in [0.1, 0.15) is 37.8 Å². The van der Waals surface area contributed by atoms with Crippen LogP contribution >= 0.6 is 15.9 Å². The van der Waals surface area contributed by atoms with Gasteiger partial charge in [0.1, 0.15) is 0 Å². The fourth-order valence-electron chi connectivity index (χ4n) is 2.00. The van der Waals surface area contributed by atoms with Crippen molar-refractivity contribution < 1.29 is 0 Å². The molecular formula is C14H17BrN2. The Morgan fingerprint density at radius 1 is 1.41 bits per heavy atom. The van der Waals surface area contributed by atoms with Gasteiger partial charge in [-0.15, -0.1) is 0 Å². The highest BCUT2D eigenvalue weighted by Crippen LogP contribution is 2.48. The second kappa shape index (κ2) is 5.20. The highest BCUT2D eigenvalue weighted by molar-refractivity contribution is 9.10. The maximum absolute atomic E-state index is 8.77. The van der Waals surface area contributed by atoms with E-state index in [1.54, 1.807) is 0 Å². The lowest BCUT2D eigenvalue weighted by Crippen LogP contribution is -2.26. The zero-order chi connectivity index (χ0) is 12.3. The molecular weight excluding hydrogens is 276 g/mol. The van der Waals surface area contributed by atoms with Gasteiger partial charge in [0.05, 0.1) is 6.07 Å². The molecule has 0 amide bonds. The molecule has 3 heteroatoms. The molecule has 0 spiro atoms. The van der Waals surface area contributed by atoms with Gasteiger partial charge >= 0.3 is 0 Å². The van der Waals surface area contributed by atoms with Crippen LogP contribution in [0.5, 0.6) is 0 Å². The lowest BCUT2D eigenvalue weighted by Gasteiger charge is -2.18. The lowest BCUT2D eigenvalue weighted by molar-refractivity contribution is 0.433. The quantitative estimate of drug-likeness (QED) is 0.896. The van der Waals surface area contributed by atoms with E-state index in [1.165, 1.54) is 18.4 Å². The molecule has 1 aliphatic rings. The van der Waals surface area contributed by atoms with Gasteiger partial charge in [0, 0.05) is 23.5 Å². The third-order valence-corrected chi connectivity index (χ3v) is 4.09. The second-order valence-electron chi connectivity index (χ2n) is 4.99. The Morgan fingerprint density at radius 2 is 2.06 bits per heavy atom. The number of nitrogens with zero attached hydrogens (tertiary/aromatic N) is 1. The molecule has 17 heavy (non-hydrogen) atoms. The van der Waals surface area contributed by atoms with Gasteiger partial charge in [-0.3, -0.25) is 0 Å². The van der Waals surface area contributed by atoms with E-state index >= 15 is 0 Å². The van der Waals surface area contributed by atoms with Crippen molar-refractivity contribution in [3.63, 3.8) is 0 Å². The first-order valence-electron chi connectivity index (χ1n) is 6.01. The SMILES string of the molecule is C[C@@H](NCC1(CC#N)CC1)c1ccc(Br)cc1. The van der Waals surface area contributed by atoms with Gasteiger partial charge in [0.2, 0.25) is 0 Å². The average Bonchev–Trinajstić information content (AvgIpc) is 3.08. The highest BCUT2D eigenvalue weighted by atomic mass is 79.9. The van der Waals surface area contributed by atoms with E-state index in [2.05, 4.69) is 58.5 Å². The summed E-state index contributed by atoms with van der Waals surface area (Å²) in [6, 6.07) is 11.0. The van der Waals surface area contributed by atoms with E-state index in [9.17, 15) is 0 Å². The summed E-state index contributed by atoms with van der Waals surface area (Å²) in [5.74, 6) is 0. The Kier molecular flexibility index (Phi) is 3.86. The Labute approximate surface area is 111 Å². The summed E-state index contributed by atoms with van der Waals surface area (Å²) in [6.45, 7) is 3.13. The van der Waals surface area contributed by atoms with Crippen molar-refractivity contribution in [3.8, 4) is 6.07 Å². The summed E-state index contributed by atoms with van der Waals surface area (Å²) in [5.41, 5.74) is 1.57. The molecule has 1 saturated carbocycles. The minimum Gasteiger partial charge on any atom is -0.310 e. The Hall–Kier alpha value is -0.850. The van der Waals surface area contributed by atoms with Crippen LogP contribution in [0.4, 0.5) is 0 Å². The fraction of sp³-hybridized carbons (Fsp3) is 0.500. The maximum Gasteiger partial charge on any atom is 0.0628 e. The molecule has 90 valence electrons. The first-order valence-corrected chi connectivity index (χ1v) is 6.80. The van der Waals surface area contributed by atoms with Crippen LogP contribution in [0, 0.1) is 16.7 Å². The molecule has 1 aliphatic carbocycles. The van der Waals surface area contributed by atoms with E-state index in [1.807, 2.05) is 0 Å². The summed E-state index contributed by atoms with van der Waals surface area (Å²) < 4.78 is 1.11. The topological polar surface area (TPSA) is 35.8 Å². The monoisotopic (exact) mass is 292 g/mol. The van der Waals surface area contributed by atoms with Crippen molar-refractivity contribution in [2.24, 2.45) is 5.41 Å². The number of nitrogens with one attached hydrogen (secondary N) is 1. The van der Waals surface area contributed by atoms with Crippen LogP contribution in [-0.2, 0) is 0 Å². The van der Waals surface area contributed by atoms with Crippen LogP contribution in [0.3, 0.4) is 0 Å². The van der Waals surface area contributed by atoms with Gasteiger partial charge in [-0.1, -0.05) is 28.1 Å². The van der Waals surface area contributed by atoms with E-state index in [0.29, 0.717) is 12.5 Å². The van der Waals surface area contributed by atoms with E-state index in [-0.39, 0.29) is 5.41 Å². The molecule has 1 fully saturated rings. The summed E-state index contributed by atoms with van der Waals surface area (Å²) in [6.07, 6.45) is 3.08. The number of halogens is 1. The molecule has 1 N–H and O–H groups in total. The molecule has 0 unspecified atom stereocenters. The van der Waals surface area contributed by atoms with Gasteiger partial charge in [-0.2, -0.15) is 5.26 Å². The van der Waals surface area contributed by atoms with Crippen molar-refractivity contribution in [2.45, 2.75) is 32.2 Å². The molecule has 2 rings (SSSR count). The van der Waals surface area contributed by atoms with Crippen LogP contribution in [0.2, 0.25) is 0 Å². The number of nitriles is 1. The lowest BCUT2D eigenvalue weighted by atomic mass is 10.0. The molecule has 0 saturated heterocycles. The highest BCUT2D eigenvalue weighted by Gasteiger charge is 2.42. The largest absolute Gasteiger partial charge is 0.310 e. The van der Waals surface area contributed by atoms with Crippen molar-refractivity contribution in [2.75, 3.05) is 6.54 Å². The van der Waals surface area contributed by atoms with Gasteiger partial charge < -0.3 is 5.32 Å². The second-order valence-corrected chi connectivity index (χ2v) is 5.90. The summed E-state index contributed by atoms with van der Waals surface area (Å²) in [7, 11) is 0. The summed E-state index contributed by atoms with van der Waals surface area (Å²) >= 11 is 3.44. The molecule has 0 heterocycles. The molecule has 2 nitrogen and oxygen atoms in total. The van der Waals surface area contributed by atoms with Gasteiger partial charge in [-0.05, 0) is 42.9 Å². The average molecular weight is 293 g/mol. The third kappa shape index (κ3) is 3.31. The van der Waals surface area contributed by atoms with E-state index < -0.39 is 0 Å². The standard InChI is InChI=1S/C14H17BrN2/c1-11(12-2-4-13(15)5-3-12)17-10-14(6-7-14)8-9-16/h2-5,11,17H,6-8,10H2,1H3/t11-/m1/s1. The zero-order valence-electron chi connectivity index (χ0n) is 10.0. The predicted molar refractivity (Wildman–Crippen MR) is 72.5 cm³/mol. The molecule has 0 bridgehead atoms. The van der Waals surface area contributed by atoms with E-state index in [0.717, 1.165) is 11.0 Å². The number of rotatable bonds is 5. The van der Waals surface area contributed by atoms with Crippen molar-refractivity contribution in [3.05, 3.63) is 34.3 Å². The Morgan fingerprint density at radius 3 is 2.59 bits per heavy atom. The van der Waals surface area contributed by atoms with Crippen LogP contribution < -0.4 is 5.32 Å². The number of hydrogen-bond acceptors (Lipinski definition) is 2. The minimum absolute atomic E-state index is 0.276. The van der Waals surface area contributed by atoms with Crippen molar-refractivity contribution in [1.29, 1.82) is 5.26 Å². The smallest absolute Gasteiger partial charge is 0.0628 e. The third-order valence-electron chi connectivity index (χ3n) is 3.56. The van der Waals surface area contributed by atoms with Crippen LogP contribution in [0.25, 0.3) is 0 Å². The Bertz CT molecular complexity index is 415. The fourth-order valence-corrected chi connectivity index (χ4v) is 2.26. The van der Waals surface area contributed by atoms with Crippen LogP contribution in [-0.4, -0.2) is 6.54 Å². The normalized spacial score (nSPS) is 18.4. The zero-order valence-corrected chi connectivity index (χ0v) is 11.6. The molecule has 0 radical (unpaired) electrons. The number of hydrogen-bond donors (Lipinski definition) is 1. The molecule has 1 aromatic rings. The van der Waals surface area contributed by atoms with Crippen molar-refractivity contribution in [1.82, 2.24) is 5.32 Å². The molecule has 0 aliphatic heterocycles. The minimum atomic E-state index is 0.276. The van der Waals surface area contributed by atoms with Gasteiger partial charge in [0.25, 0.3) is 0 Å². The summed E-state index contributed by atoms with van der Waals surface area (Å²) in [4.78, 5) is 0. The number of benzene rings is 1. The molecule has 0 aromatic heterocycles. The first kappa shape index (κ1) is 12.6. The molecule has 1 aromatic carbocycles. The van der Waals surface area contributed by atoms with E-state index in [4.69, 9.17) is 5.26 Å². The van der Waals surface area contributed by atoms with Crippen molar-refractivity contribution >= 4 is 15.9 Å². The first-order chi connectivity index (χ1) is 8.15. The van der Waals surface area contributed by atoms with Gasteiger partial charge in [0.15, 0.2) is 0 Å². The molecule has 1 atom stereocenters. The van der Waals surface area contributed by atoms with Gasteiger partial charge in [-0.25, -0.2) is 0 Å². The Balaban J connectivity index is 1.87. The van der Waals surface area contributed by atoms with Crippen LogP contribution in [0.15, 0.2) is 28.7 Å². The predicted octanol–water partition coefficient (Wildman–Crippen LogP) is 3.79.